The van der Waals surface area contributed by atoms with E-state index in [-0.39, 0.29) is 5.91 Å². The average Bonchev–Trinajstić information content (AvgIpc) is 2.28. The zero-order chi connectivity index (χ0) is 10.8. The fourth-order valence-corrected chi connectivity index (χ4v) is 1.99. The Kier molecular flexibility index (Phi) is 2.76. The molecule has 1 N–H and O–H groups in total. The van der Waals surface area contributed by atoms with Crippen LogP contribution in [0.3, 0.4) is 0 Å². The monoisotopic (exact) mass is 203 g/mol. The summed E-state index contributed by atoms with van der Waals surface area (Å²) in [5.74, 6) is 0.659. The van der Waals surface area contributed by atoms with Crippen molar-refractivity contribution in [2.24, 2.45) is 0 Å². The van der Waals surface area contributed by atoms with E-state index < -0.39 is 0 Å². The number of hydrogen-bond acceptors (Lipinski definition) is 1. The lowest BCUT2D eigenvalue weighted by Crippen LogP contribution is -2.31. The molecule has 0 aliphatic carbocycles. The van der Waals surface area contributed by atoms with Crippen molar-refractivity contribution in [1.29, 1.82) is 0 Å². The van der Waals surface area contributed by atoms with Gasteiger partial charge in [0.15, 0.2) is 0 Å². The van der Waals surface area contributed by atoms with E-state index in [0.29, 0.717) is 5.92 Å². The standard InChI is InChI=1S/C13H17NO/c1-3-9(2)10-4-5-12-11(8-10)6-7-14-13(12)15/h4-5,8-9H,3,6-7H2,1-2H3,(H,14,15). The van der Waals surface area contributed by atoms with Crippen LogP contribution in [0, 0.1) is 0 Å². The molecule has 0 saturated carbocycles. The fraction of sp³-hybridized carbons (Fsp3) is 0.462. The van der Waals surface area contributed by atoms with Gasteiger partial charge in [-0.3, -0.25) is 4.79 Å². The van der Waals surface area contributed by atoms with E-state index in [4.69, 9.17) is 0 Å². The minimum atomic E-state index is 0.0759. The van der Waals surface area contributed by atoms with Gasteiger partial charge < -0.3 is 5.32 Å². The molecule has 1 aliphatic heterocycles. The Hall–Kier alpha value is -1.31. The Balaban J connectivity index is 2.37. The van der Waals surface area contributed by atoms with Crippen LogP contribution < -0.4 is 5.32 Å². The van der Waals surface area contributed by atoms with Crippen LogP contribution in [0.1, 0.15) is 47.7 Å². The lowest BCUT2D eigenvalue weighted by atomic mass is 9.92. The predicted octanol–water partition coefficient (Wildman–Crippen LogP) is 2.49. The Bertz CT molecular complexity index is 384. The normalized spacial score (nSPS) is 16.8. The summed E-state index contributed by atoms with van der Waals surface area (Å²) >= 11 is 0. The Labute approximate surface area is 90.7 Å². The lowest BCUT2D eigenvalue weighted by Gasteiger charge is -2.18. The van der Waals surface area contributed by atoms with E-state index in [9.17, 15) is 4.79 Å². The molecular formula is C13H17NO. The second-order valence-corrected chi connectivity index (χ2v) is 4.23. The van der Waals surface area contributed by atoms with E-state index in [1.807, 2.05) is 6.07 Å². The number of hydrogen-bond donors (Lipinski definition) is 1. The second-order valence-electron chi connectivity index (χ2n) is 4.23. The number of rotatable bonds is 2. The minimum Gasteiger partial charge on any atom is -0.352 e. The quantitative estimate of drug-likeness (QED) is 0.786. The van der Waals surface area contributed by atoms with Crippen LogP contribution in [-0.4, -0.2) is 12.5 Å². The highest BCUT2D eigenvalue weighted by Crippen LogP contribution is 2.23. The third kappa shape index (κ3) is 1.89. The van der Waals surface area contributed by atoms with Crippen molar-refractivity contribution in [3.8, 4) is 0 Å². The molecule has 15 heavy (non-hydrogen) atoms. The highest BCUT2D eigenvalue weighted by atomic mass is 16.1. The summed E-state index contributed by atoms with van der Waals surface area (Å²) in [4.78, 5) is 11.5. The van der Waals surface area contributed by atoms with Gasteiger partial charge in [0.1, 0.15) is 0 Å². The Morgan fingerprint density at radius 2 is 2.27 bits per heavy atom. The highest BCUT2D eigenvalue weighted by Gasteiger charge is 2.17. The average molecular weight is 203 g/mol. The largest absolute Gasteiger partial charge is 0.352 e. The molecular weight excluding hydrogens is 186 g/mol. The molecule has 1 aromatic carbocycles. The van der Waals surface area contributed by atoms with Gasteiger partial charge in [0.25, 0.3) is 5.91 Å². The molecule has 0 radical (unpaired) electrons. The predicted molar refractivity (Wildman–Crippen MR) is 61.2 cm³/mol. The van der Waals surface area contributed by atoms with Crippen LogP contribution >= 0.6 is 0 Å². The summed E-state index contributed by atoms with van der Waals surface area (Å²) in [6.45, 7) is 5.19. The van der Waals surface area contributed by atoms with Gasteiger partial charge in [0.2, 0.25) is 0 Å². The van der Waals surface area contributed by atoms with Crippen LogP contribution in [0.4, 0.5) is 0 Å². The molecule has 0 saturated heterocycles. The van der Waals surface area contributed by atoms with Crippen LogP contribution in [0.15, 0.2) is 18.2 Å². The van der Waals surface area contributed by atoms with Crippen LogP contribution in [0.25, 0.3) is 0 Å². The van der Waals surface area contributed by atoms with E-state index in [0.717, 1.165) is 24.9 Å². The van der Waals surface area contributed by atoms with Gasteiger partial charge >= 0.3 is 0 Å². The first-order valence-corrected chi connectivity index (χ1v) is 5.63. The zero-order valence-corrected chi connectivity index (χ0v) is 9.34. The molecule has 2 rings (SSSR count). The van der Waals surface area contributed by atoms with Gasteiger partial charge in [0.05, 0.1) is 0 Å². The molecule has 1 heterocycles. The maximum atomic E-state index is 11.5. The van der Waals surface area contributed by atoms with Crippen molar-refractivity contribution in [2.75, 3.05) is 6.54 Å². The molecule has 0 bridgehead atoms. The zero-order valence-electron chi connectivity index (χ0n) is 9.34. The second kappa shape index (κ2) is 4.05. The molecule has 1 amide bonds. The summed E-state index contributed by atoms with van der Waals surface area (Å²) < 4.78 is 0. The first-order chi connectivity index (χ1) is 7.22. The lowest BCUT2D eigenvalue weighted by molar-refractivity contribution is 0.0946. The van der Waals surface area contributed by atoms with E-state index in [1.165, 1.54) is 11.1 Å². The fourth-order valence-electron chi connectivity index (χ4n) is 1.99. The van der Waals surface area contributed by atoms with Gasteiger partial charge in [0, 0.05) is 12.1 Å². The van der Waals surface area contributed by atoms with Gasteiger partial charge in [-0.15, -0.1) is 0 Å². The summed E-state index contributed by atoms with van der Waals surface area (Å²) in [5, 5.41) is 2.86. The number of fused-ring (bicyclic) bond motifs is 1. The molecule has 80 valence electrons. The molecule has 2 nitrogen and oxygen atoms in total. The van der Waals surface area contributed by atoms with Gasteiger partial charge in [-0.25, -0.2) is 0 Å². The van der Waals surface area contributed by atoms with Crippen molar-refractivity contribution in [3.63, 3.8) is 0 Å². The van der Waals surface area contributed by atoms with Crippen LogP contribution in [-0.2, 0) is 6.42 Å². The first-order valence-electron chi connectivity index (χ1n) is 5.63. The Morgan fingerprint density at radius 3 is 3.00 bits per heavy atom. The molecule has 0 spiro atoms. The van der Waals surface area contributed by atoms with E-state index >= 15 is 0 Å². The first kappa shape index (κ1) is 10.2. The van der Waals surface area contributed by atoms with Crippen molar-refractivity contribution < 1.29 is 4.79 Å². The maximum absolute atomic E-state index is 11.5. The SMILES string of the molecule is CCC(C)c1ccc2c(c1)CCNC2=O. The minimum absolute atomic E-state index is 0.0759. The molecule has 1 unspecified atom stereocenters. The third-order valence-electron chi connectivity index (χ3n) is 3.24. The number of nitrogens with one attached hydrogen (secondary N) is 1. The summed E-state index contributed by atoms with van der Waals surface area (Å²) in [5.41, 5.74) is 3.41. The summed E-state index contributed by atoms with van der Waals surface area (Å²) in [7, 11) is 0. The van der Waals surface area contributed by atoms with Crippen LogP contribution in [0.5, 0.6) is 0 Å². The van der Waals surface area contributed by atoms with Crippen molar-refractivity contribution in [1.82, 2.24) is 5.32 Å². The van der Waals surface area contributed by atoms with Gasteiger partial charge in [-0.1, -0.05) is 26.0 Å². The summed E-state index contributed by atoms with van der Waals surface area (Å²) in [6.07, 6.45) is 2.11. The molecule has 2 heteroatoms. The molecule has 0 aromatic heterocycles. The smallest absolute Gasteiger partial charge is 0.251 e. The van der Waals surface area contributed by atoms with Crippen molar-refractivity contribution >= 4 is 5.91 Å². The maximum Gasteiger partial charge on any atom is 0.251 e. The summed E-state index contributed by atoms with van der Waals surface area (Å²) in [6, 6.07) is 6.24. The van der Waals surface area contributed by atoms with Gasteiger partial charge in [-0.05, 0) is 36.0 Å². The van der Waals surface area contributed by atoms with Crippen molar-refractivity contribution in [3.05, 3.63) is 34.9 Å². The van der Waals surface area contributed by atoms with Crippen LogP contribution in [0.2, 0.25) is 0 Å². The molecule has 1 atom stereocenters. The third-order valence-corrected chi connectivity index (χ3v) is 3.24. The topological polar surface area (TPSA) is 29.1 Å². The molecule has 1 aromatic rings. The number of benzene rings is 1. The number of amides is 1. The van der Waals surface area contributed by atoms with E-state index in [1.54, 1.807) is 0 Å². The number of carbonyl (C=O) groups excluding carboxylic acids is 1. The van der Waals surface area contributed by atoms with Gasteiger partial charge in [-0.2, -0.15) is 0 Å². The van der Waals surface area contributed by atoms with Crippen molar-refractivity contribution in [2.45, 2.75) is 32.6 Å². The highest BCUT2D eigenvalue weighted by molar-refractivity contribution is 5.96. The Morgan fingerprint density at radius 1 is 1.47 bits per heavy atom. The van der Waals surface area contributed by atoms with E-state index in [2.05, 4.69) is 31.3 Å². The molecule has 1 aliphatic rings. The molecule has 0 fully saturated rings. The number of carbonyl (C=O) groups is 1.